The van der Waals surface area contributed by atoms with Gasteiger partial charge in [-0.05, 0) is 43.7 Å². The highest BCUT2D eigenvalue weighted by Crippen LogP contribution is 2.28. The Morgan fingerprint density at radius 3 is 2.45 bits per heavy atom. The van der Waals surface area contributed by atoms with E-state index in [0.717, 1.165) is 4.88 Å². The van der Waals surface area contributed by atoms with E-state index in [-0.39, 0.29) is 11.3 Å². The Morgan fingerprint density at radius 2 is 1.85 bits per heavy atom. The molecule has 0 atom stereocenters. The molecule has 0 aliphatic rings. The summed E-state index contributed by atoms with van der Waals surface area (Å²) in [4.78, 5) is 24.0. The summed E-state index contributed by atoms with van der Waals surface area (Å²) < 4.78 is 0. The van der Waals surface area contributed by atoms with Crippen LogP contribution in [0.15, 0.2) is 24.3 Å². The van der Waals surface area contributed by atoms with Crippen LogP contribution >= 0.6 is 11.3 Å². The number of phenols is 1. The zero-order valence-electron chi connectivity index (χ0n) is 10.9. The van der Waals surface area contributed by atoms with E-state index in [9.17, 15) is 14.7 Å². The smallest absolute Gasteiger partial charge is 0.338 e. The zero-order valence-corrected chi connectivity index (χ0v) is 11.7. The average Bonchev–Trinajstić information content (AvgIpc) is 2.70. The van der Waals surface area contributed by atoms with Crippen molar-refractivity contribution in [1.82, 2.24) is 0 Å². The number of carboxylic acids is 1. The molecule has 20 heavy (non-hydrogen) atoms. The molecule has 2 rings (SSSR count). The third kappa shape index (κ3) is 2.80. The molecule has 3 N–H and O–H groups in total. The first-order chi connectivity index (χ1) is 9.38. The number of phenolic OH excluding ortho intramolecular Hbond substituents is 1. The molecule has 0 fully saturated rings. The van der Waals surface area contributed by atoms with Gasteiger partial charge in [0.25, 0.3) is 5.91 Å². The molecule has 2 aromatic rings. The Labute approximate surface area is 119 Å². The Bertz CT molecular complexity index is 690. The zero-order chi connectivity index (χ0) is 14.9. The van der Waals surface area contributed by atoms with Gasteiger partial charge in [-0.3, -0.25) is 4.79 Å². The molecular weight excluding hydrogens is 278 g/mol. The van der Waals surface area contributed by atoms with Gasteiger partial charge in [-0.15, -0.1) is 11.3 Å². The van der Waals surface area contributed by atoms with Crippen molar-refractivity contribution in [3.63, 3.8) is 0 Å². The number of anilines is 1. The van der Waals surface area contributed by atoms with Crippen LogP contribution in [0.5, 0.6) is 5.75 Å². The van der Waals surface area contributed by atoms with Gasteiger partial charge in [0.05, 0.1) is 5.56 Å². The van der Waals surface area contributed by atoms with Gasteiger partial charge in [0.15, 0.2) is 0 Å². The van der Waals surface area contributed by atoms with Crippen LogP contribution in [0.25, 0.3) is 0 Å². The molecule has 6 heteroatoms. The third-order valence-corrected chi connectivity index (χ3v) is 3.73. The summed E-state index contributed by atoms with van der Waals surface area (Å²) in [7, 11) is 0. The lowest BCUT2D eigenvalue weighted by atomic mass is 10.1. The quantitative estimate of drug-likeness (QED) is 0.811. The maximum absolute atomic E-state index is 12.2. The fourth-order valence-electron chi connectivity index (χ4n) is 1.84. The van der Waals surface area contributed by atoms with Crippen molar-refractivity contribution in [2.24, 2.45) is 0 Å². The van der Waals surface area contributed by atoms with E-state index in [1.807, 2.05) is 0 Å². The van der Waals surface area contributed by atoms with Crippen LogP contribution in [-0.4, -0.2) is 22.1 Å². The predicted octanol–water partition coefficient (Wildman–Crippen LogP) is 3.02. The number of nitrogens with one attached hydrogen (secondary N) is 1. The molecule has 1 aromatic carbocycles. The first-order valence-corrected chi connectivity index (χ1v) is 6.65. The van der Waals surface area contributed by atoms with Crippen molar-refractivity contribution in [2.45, 2.75) is 13.8 Å². The van der Waals surface area contributed by atoms with Crippen molar-refractivity contribution in [3.8, 4) is 5.75 Å². The highest BCUT2D eigenvalue weighted by molar-refractivity contribution is 7.16. The van der Waals surface area contributed by atoms with Crippen LogP contribution in [0.3, 0.4) is 0 Å². The van der Waals surface area contributed by atoms with Crippen LogP contribution < -0.4 is 5.32 Å². The van der Waals surface area contributed by atoms with Crippen molar-refractivity contribution < 1.29 is 19.8 Å². The Kier molecular flexibility index (Phi) is 3.76. The molecule has 0 radical (unpaired) electrons. The van der Waals surface area contributed by atoms with Crippen LogP contribution in [0.4, 0.5) is 5.00 Å². The predicted molar refractivity (Wildman–Crippen MR) is 76.8 cm³/mol. The van der Waals surface area contributed by atoms with Gasteiger partial charge in [0, 0.05) is 10.4 Å². The lowest BCUT2D eigenvalue weighted by Crippen LogP contribution is -2.14. The van der Waals surface area contributed by atoms with Crippen LogP contribution in [0, 0.1) is 13.8 Å². The van der Waals surface area contributed by atoms with Crippen molar-refractivity contribution in [1.29, 1.82) is 0 Å². The average molecular weight is 291 g/mol. The maximum Gasteiger partial charge on any atom is 0.338 e. The summed E-state index contributed by atoms with van der Waals surface area (Å²) in [6.45, 7) is 3.48. The standard InChI is InChI=1S/C14H13NO4S/c1-7-5-9(16)3-4-10(7)12(17)15-13-11(14(18)19)6-8(2)20-13/h3-6,16H,1-2H3,(H,15,17)(H,18,19). The van der Waals surface area contributed by atoms with E-state index < -0.39 is 11.9 Å². The molecule has 0 aliphatic heterocycles. The van der Waals surface area contributed by atoms with Crippen LogP contribution in [0.1, 0.15) is 31.2 Å². The Balaban J connectivity index is 2.30. The van der Waals surface area contributed by atoms with E-state index in [2.05, 4.69) is 5.32 Å². The first-order valence-electron chi connectivity index (χ1n) is 5.83. The number of rotatable bonds is 3. The van der Waals surface area contributed by atoms with Gasteiger partial charge in [0.1, 0.15) is 10.8 Å². The molecule has 5 nitrogen and oxygen atoms in total. The largest absolute Gasteiger partial charge is 0.508 e. The second-order valence-corrected chi connectivity index (χ2v) is 5.61. The van der Waals surface area contributed by atoms with Crippen molar-refractivity contribution in [3.05, 3.63) is 45.8 Å². The summed E-state index contributed by atoms with van der Waals surface area (Å²) in [6.07, 6.45) is 0. The van der Waals surface area contributed by atoms with Gasteiger partial charge in [-0.25, -0.2) is 4.79 Å². The Hall–Kier alpha value is -2.34. The molecule has 0 bridgehead atoms. The van der Waals surface area contributed by atoms with E-state index in [0.29, 0.717) is 16.1 Å². The summed E-state index contributed by atoms with van der Waals surface area (Å²) in [5.74, 6) is -1.39. The fraction of sp³-hybridized carbons (Fsp3) is 0.143. The van der Waals surface area contributed by atoms with E-state index in [4.69, 9.17) is 5.11 Å². The number of carbonyl (C=O) groups excluding carboxylic acids is 1. The maximum atomic E-state index is 12.2. The normalized spacial score (nSPS) is 10.3. The second kappa shape index (κ2) is 5.34. The van der Waals surface area contributed by atoms with Crippen LogP contribution in [0.2, 0.25) is 0 Å². The lowest BCUT2D eigenvalue weighted by molar-refractivity contribution is 0.0698. The SMILES string of the molecule is Cc1cc(C(=O)O)c(NC(=O)c2ccc(O)cc2C)s1. The number of hydrogen-bond donors (Lipinski definition) is 3. The molecule has 1 heterocycles. The molecule has 104 valence electrons. The summed E-state index contributed by atoms with van der Waals surface area (Å²) in [5, 5.41) is 21.3. The molecular formula is C14H13NO4S. The van der Waals surface area contributed by atoms with Gasteiger partial charge in [-0.1, -0.05) is 0 Å². The van der Waals surface area contributed by atoms with Gasteiger partial charge >= 0.3 is 5.97 Å². The van der Waals surface area contributed by atoms with Crippen LogP contribution in [-0.2, 0) is 0 Å². The number of amides is 1. The molecule has 0 saturated heterocycles. The highest BCUT2D eigenvalue weighted by atomic mass is 32.1. The molecule has 0 saturated carbocycles. The molecule has 0 unspecified atom stereocenters. The number of carboxylic acid groups (broad SMARTS) is 1. The number of thiophene rings is 1. The fourth-order valence-corrected chi connectivity index (χ4v) is 2.74. The topological polar surface area (TPSA) is 86.6 Å². The number of hydrogen-bond acceptors (Lipinski definition) is 4. The highest BCUT2D eigenvalue weighted by Gasteiger charge is 2.17. The monoisotopic (exact) mass is 291 g/mol. The van der Waals surface area contributed by atoms with Gasteiger partial charge < -0.3 is 15.5 Å². The summed E-state index contributed by atoms with van der Waals surface area (Å²) >= 11 is 1.21. The van der Waals surface area contributed by atoms with E-state index >= 15 is 0 Å². The minimum absolute atomic E-state index is 0.0808. The van der Waals surface area contributed by atoms with Crippen molar-refractivity contribution in [2.75, 3.05) is 5.32 Å². The number of aromatic hydroxyl groups is 1. The molecule has 0 spiro atoms. The Morgan fingerprint density at radius 1 is 1.15 bits per heavy atom. The second-order valence-electron chi connectivity index (χ2n) is 4.36. The number of aryl methyl sites for hydroxylation is 2. The number of carbonyl (C=O) groups is 2. The van der Waals surface area contributed by atoms with E-state index in [1.165, 1.54) is 35.6 Å². The molecule has 1 amide bonds. The third-order valence-electron chi connectivity index (χ3n) is 2.77. The van der Waals surface area contributed by atoms with Crippen molar-refractivity contribution >= 4 is 28.2 Å². The minimum Gasteiger partial charge on any atom is -0.508 e. The van der Waals surface area contributed by atoms with Gasteiger partial charge in [0.2, 0.25) is 0 Å². The molecule has 0 aliphatic carbocycles. The summed E-state index contributed by atoms with van der Waals surface area (Å²) in [5.41, 5.74) is 1.09. The minimum atomic E-state index is -1.08. The van der Waals surface area contributed by atoms with E-state index in [1.54, 1.807) is 13.8 Å². The number of aromatic carboxylic acids is 1. The molecule has 1 aromatic heterocycles. The first kappa shape index (κ1) is 14.1. The van der Waals surface area contributed by atoms with Gasteiger partial charge in [-0.2, -0.15) is 0 Å². The summed E-state index contributed by atoms with van der Waals surface area (Å²) in [6, 6.07) is 5.92. The lowest BCUT2D eigenvalue weighted by Gasteiger charge is -2.07. The number of benzene rings is 1.